The van der Waals surface area contributed by atoms with E-state index in [1.165, 1.54) is 6.20 Å². The lowest BCUT2D eigenvalue weighted by Crippen LogP contribution is -2.55. The van der Waals surface area contributed by atoms with E-state index < -0.39 is 19.2 Å². The van der Waals surface area contributed by atoms with E-state index in [-0.39, 0.29) is 23.6 Å². The Morgan fingerprint density at radius 3 is 2.66 bits per heavy atom. The predicted octanol–water partition coefficient (Wildman–Crippen LogP) is 2.98. The van der Waals surface area contributed by atoms with Crippen molar-refractivity contribution in [2.75, 3.05) is 37.7 Å². The van der Waals surface area contributed by atoms with Crippen LogP contribution in [-0.4, -0.2) is 79.1 Å². The number of hydrogen-bond acceptors (Lipinski definition) is 7. The van der Waals surface area contributed by atoms with Crippen LogP contribution >= 0.6 is 11.3 Å². The highest BCUT2D eigenvalue weighted by atomic mass is 32.1. The summed E-state index contributed by atoms with van der Waals surface area (Å²) in [6, 6.07) is -0.387. The maximum absolute atomic E-state index is 12.6. The van der Waals surface area contributed by atoms with Crippen LogP contribution in [0.3, 0.4) is 0 Å². The summed E-state index contributed by atoms with van der Waals surface area (Å²) in [4.78, 5) is 19.2. The zero-order chi connectivity index (χ0) is 21.0. The van der Waals surface area contributed by atoms with Gasteiger partial charge in [0.2, 0.25) is 0 Å². The summed E-state index contributed by atoms with van der Waals surface area (Å²) in [5.41, 5.74) is 0. The van der Waals surface area contributed by atoms with E-state index in [9.17, 15) is 22.4 Å². The fraction of sp³-hybridized carbons (Fsp3) is 0.765. The molecule has 1 aliphatic heterocycles. The van der Waals surface area contributed by atoms with Crippen molar-refractivity contribution in [2.45, 2.75) is 44.6 Å². The van der Waals surface area contributed by atoms with Crippen LogP contribution in [0.4, 0.5) is 22.7 Å². The molecule has 29 heavy (non-hydrogen) atoms. The van der Waals surface area contributed by atoms with Crippen LogP contribution in [0.2, 0.25) is 0 Å². The molecular formula is C17H23F4N3O4S. The third-order valence-electron chi connectivity index (χ3n) is 5.27. The first-order valence-electron chi connectivity index (χ1n) is 9.33. The van der Waals surface area contributed by atoms with Gasteiger partial charge >= 0.3 is 19.2 Å². The number of aromatic carboxylic acids is 1. The summed E-state index contributed by atoms with van der Waals surface area (Å²) in [5.74, 6) is -0.757. The number of anilines is 1. The van der Waals surface area contributed by atoms with Crippen LogP contribution in [-0.2, 0) is 9.47 Å². The van der Waals surface area contributed by atoms with Crippen molar-refractivity contribution in [3.05, 3.63) is 11.1 Å². The highest BCUT2D eigenvalue weighted by Gasteiger charge is 2.34. The van der Waals surface area contributed by atoms with E-state index in [4.69, 9.17) is 5.11 Å². The summed E-state index contributed by atoms with van der Waals surface area (Å²) in [6.45, 7) is -3.47. The van der Waals surface area contributed by atoms with Crippen molar-refractivity contribution in [1.82, 2.24) is 9.88 Å². The molecule has 2 aliphatic rings. The number of carboxylic acids is 1. The number of nitrogens with zero attached hydrogens (tertiary/aromatic N) is 3. The van der Waals surface area contributed by atoms with E-state index in [0.717, 1.165) is 24.3 Å². The molecule has 1 aromatic heterocycles. The Balaban J connectivity index is 1.52. The number of carboxylic acid groups (broad SMARTS) is 1. The number of halogens is 4. The Bertz CT molecular complexity index is 675. The number of rotatable bonds is 10. The van der Waals surface area contributed by atoms with Gasteiger partial charge in [-0.15, -0.1) is 0 Å². The SMILES string of the molecule is O=C(O)c1cnc(N2CCN(CCC3CC(OC(F)F)C3)C[C@H]2COC(F)F)s1. The molecule has 0 spiro atoms. The molecule has 1 aliphatic carbocycles. The van der Waals surface area contributed by atoms with Crippen molar-refractivity contribution >= 4 is 22.4 Å². The molecule has 0 bridgehead atoms. The number of thiazole rings is 1. The molecule has 1 atom stereocenters. The minimum Gasteiger partial charge on any atom is -0.477 e. The maximum atomic E-state index is 12.6. The molecule has 7 nitrogen and oxygen atoms in total. The van der Waals surface area contributed by atoms with Gasteiger partial charge in [-0.25, -0.2) is 9.78 Å². The number of aromatic nitrogens is 1. The first-order chi connectivity index (χ1) is 13.8. The second-order valence-corrected chi connectivity index (χ2v) is 8.21. The third-order valence-corrected chi connectivity index (χ3v) is 6.30. The van der Waals surface area contributed by atoms with Crippen LogP contribution in [0.25, 0.3) is 0 Å². The van der Waals surface area contributed by atoms with Gasteiger partial charge in [0.25, 0.3) is 0 Å². The number of alkyl halides is 4. The summed E-state index contributed by atoms with van der Waals surface area (Å²) >= 11 is 1.00. The number of ether oxygens (including phenoxy) is 2. The summed E-state index contributed by atoms with van der Waals surface area (Å²) in [5, 5.41) is 9.54. The lowest BCUT2D eigenvalue weighted by atomic mass is 9.80. The zero-order valence-corrected chi connectivity index (χ0v) is 16.4. The van der Waals surface area contributed by atoms with Gasteiger partial charge < -0.3 is 19.5 Å². The molecule has 1 N–H and O–H groups in total. The normalized spacial score (nSPS) is 25.6. The van der Waals surface area contributed by atoms with Crippen molar-refractivity contribution < 1.29 is 36.9 Å². The lowest BCUT2D eigenvalue weighted by molar-refractivity contribution is -0.191. The molecule has 2 heterocycles. The topological polar surface area (TPSA) is 75.1 Å². The monoisotopic (exact) mass is 441 g/mol. The lowest BCUT2D eigenvalue weighted by Gasteiger charge is -2.42. The molecule has 1 saturated carbocycles. The molecule has 164 valence electrons. The van der Waals surface area contributed by atoms with Gasteiger partial charge in [-0.1, -0.05) is 11.3 Å². The molecule has 1 aromatic rings. The smallest absolute Gasteiger partial charge is 0.347 e. The number of hydrogen-bond donors (Lipinski definition) is 1. The van der Waals surface area contributed by atoms with Crippen molar-refractivity contribution in [3.8, 4) is 0 Å². The van der Waals surface area contributed by atoms with E-state index in [1.54, 1.807) is 0 Å². The highest BCUT2D eigenvalue weighted by molar-refractivity contribution is 7.17. The van der Waals surface area contributed by atoms with Gasteiger partial charge in [-0.2, -0.15) is 17.6 Å². The van der Waals surface area contributed by atoms with Crippen LogP contribution in [0, 0.1) is 5.92 Å². The van der Waals surface area contributed by atoms with Gasteiger partial charge in [0.05, 0.1) is 24.9 Å². The average molecular weight is 441 g/mol. The standard InChI is InChI=1S/C17H23F4N3O4S/c18-15(19)27-9-11-8-23(2-1-10-5-12(6-10)28-16(20)21)3-4-24(11)17-22-7-13(29-17)14(25)26/h7,10-12,15-16H,1-6,8-9H2,(H,25,26)/t10?,11-,12?/m0/s1. The summed E-state index contributed by atoms with van der Waals surface area (Å²) < 4.78 is 58.4. The third kappa shape index (κ3) is 6.24. The van der Waals surface area contributed by atoms with Crippen molar-refractivity contribution in [2.24, 2.45) is 5.92 Å². The largest absolute Gasteiger partial charge is 0.477 e. The molecule has 3 rings (SSSR count). The Morgan fingerprint density at radius 2 is 2.03 bits per heavy atom. The van der Waals surface area contributed by atoms with Crippen LogP contribution in [0.1, 0.15) is 28.9 Å². The van der Waals surface area contributed by atoms with Gasteiger partial charge in [0.15, 0.2) is 5.13 Å². The van der Waals surface area contributed by atoms with E-state index in [0.29, 0.717) is 43.5 Å². The zero-order valence-electron chi connectivity index (χ0n) is 15.6. The number of piperazine rings is 1. The second-order valence-electron chi connectivity index (χ2n) is 7.20. The van der Waals surface area contributed by atoms with Gasteiger partial charge in [-0.3, -0.25) is 4.90 Å². The predicted molar refractivity (Wildman–Crippen MR) is 96.8 cm³/mol. The van der Waals surface area contributed by atoms with E-state index >= 15 is 0 Å². The molecule has 0 unspecified atom stereocenters. The van der Waals surface area contributed by atoms with E-state index in [1.807, 2.05) is 4.90 Å². The fourth-order valence-corrected chi connectivity index (χ4v) is 4.58. The average Bonchev–Trinajstić information content (AvgIpc) is 3.11. The Morgan fingerprint density at radius 1 is 1.28 bits per heavy atom. The summed E-state index contributed by atoms with van der Waals surface area (Å²) in [6.07, 6.45) is 2.93. The maximum Gasteiger partial charge on any atom is 0.347 e. The van der Waals surface area contributed by atoms with Gasteiger partial charge in [0, 0.05) is 19.6 Å². The molecule has 2 fully saturated rings. The Kier molecular flexibility index (Phi) is 7.66. The van der Waals surface area contributed by atoms with Gasteiger partial charge in [0.1, 0.15) is 4.88 Å². The minimum atomic E-state index is -2.89. The van der Waals surface area contributed by atoms with Crippen LogP contribution in [0.15, 0.2) is 6.20 Å². The first kappa shape index (κ1) is 22.2. The fourth-order valence-electron chi connectivity index (χ4n) is 3.73. The van der Waals surface area contributed by atoms with Gasteiger partial charge in [-0.05, 0) is 31.7 Å². The molecule has 0 aromatic carbocycles. The molecular weight excluding hydrogens is 418 g/mol. The number of carbonyl (C=O) groups is 1. The quantitative estimate of drug-likeness (QED) is 0.560. The second kappa shape index (κ2) is 10.0. The van der Waals surface area contributed by atoms with E-state index in [2.05, 4.69) is 19.4 Å². The molecule has 1 saturated heterocycles. The Labute approximate surface area is 169 Å². The Hall–Kier alpha value is -1.50. The highest BCUT2D eigenvalue weighted by Crippen LogP contribution is 2.34. The van der Waals surface area contributed by atoms with Crippen molar-refractivity contribution in [3.63, 3.8) is 0 Å². The first-order valence-corrected chi connectivity index (χ1v) is 10.1. The molecule has 0 radical (unpaired) electrons. The minimum absolute atomic E-state index is 0.0847. The van der Waals surface area contributed by atoms with Crippen molar-refractivity contribution in [1.29, 1.82) is 0 Å². The van der Waals surface area contributed by atoms with Crippen LogP contribution in [0.5, 0.6) is 0 Å². The summed E-state index contributed by atoms with van der Waals surface area (Å²) in [7, 11) is 0. The molecule has 0 amide bonds. The van der Waals surface area contributed by atoms with Crippen LogP contribution < -0.4 is 4.90 Å². The molecule has 12 heteroatoms.